The van der Waals surface area contributed by atoms with Crippen LogP contribution in [0.15, 0.2) is 15.7 Å². The Hall–Kier alpha value is -1.81. The number of fused-ring (bicyclic) bond motifs is 1. The van der Waals surface area contributed by atoms with Gasteiger partial charge in [-0.1, -0.05) is 0 Å². The predicted molar refractivity (Wildman–Crippen MR) is 121 cm³/mol. The van der Waals surface area contributed by atoms with Gasteiger partial charge in [-0.3, -0.25) is 14.8 Å². The Labute approximate surface area is 182 Å². The number of hydrogen-bond donors (Lipinski definition) is 5. The number of nitrogens with zero attached hydrogens (tertiary/aromatic N) is 1. The molecule has 5 N–H and O–H groups in total. The molecule has 1 fully saturated rings. The van der Waals surface area contributed by atoms with Crippen LogP contribution in [0.2, 0.25) is 0 Å². The molecule has 0 bridgehead atoms. The molecule has 164 valence electrons. The molecule has 0 unspecified atom stereocenters. The summed E-state index contributed by atoms with van der Waals surface area (Å²) in [6.45, 7) is 5.29. The van der Waals surface area contributed by atoms with E-state index in [2.05, 4.69) is 10.0 Å². The van der Waals surface area contributed by atoms with Gasteiger partial charge in [-0.2, -0.15) is 0 Å². The van der Waals surface area contributed by atoms with Crippen molar-refractivity contribution < 1.29 is 14.1 Å². The number of pyridine rings is 1. The number of anilines is 1. The summed E-state index contributed by atoms with van der Waals surface area (Å²) >= 11 is 1.17. The molecule has 0 spiro atoms. The third-order valence-electron chi connectivity index (χ3n) is 5.87. The lowest BCUT2D eigenvalue weighted by atomic mass is 10.0. The highest BCUT2D eigenvalue weighted by Crippen LogP contribution is 2.37. The van der Waals surface area contributed by atoms with Crippen LogP contribution in [-0.2, 0) is 35.2 Å². The van der Waals surface area contributed by atoms with E-state index in [-0.39, 0.29) is 0 Å². The molecule has 2 amide bonds. The number of nitrogens with one attached hydrogen (secondary N) is 2. The molecular formula is C21H30N4O3S2. The summed E-state index contributed by atoms with van der Waals surface area (Å²) in [5, 5.41) is 20.8. The molecule has 2 aliphatic rings. The van der Waals surface area contributed by atoms with Crippen molar-refractivity contribution in [3.63, 3.8) is 0 Å². The van der Waals surface area contributed by atoms with Crippen molar-refractivity contribution in [3.8, 4) is 0 Å². The van der Waals surface area contributed by atoms with Crippen LogP contribution < -0.4 is 15.2 Å². The van der Waals surface area contributed by atoms with E-state index < -0.39 is 21.9 Å². The molecule has 2 aromatic rings. The third-order valence-corrected chi connectivity index (χ3v) is 9.05. The molecule has 1 saturated carbocycles. The fraction of sp³-hybridized carbons (Fsp3) is 0.524. The van der Waals surface area contributed by atoms with Crippen LogP contribution in [0.4, 0.5) is 10.5 Å². The maximum atomic E-state index is 13.0. The molecular weight excluding hydrogens is 420 g/mol. The number of hydrogen-bond acceptors (Lipinski definition) is 5. The highest BCUT2D eigenvalue weighted by atomic mass is 32.3. The summed E-state index contributed by atoms with van der Waals surface area (Å²) in [4.78, 5) is 17.6. The number of aryl methyl sites for hydroxylation is 1. The Bertz CT molecular complexity index is 1040. The van der Waals surface area contributed by atoms with E-state index in [0.717, 1.165) is 53.9 Å². The van der Waals surface area contributed by atoms with Gasteiger partial charge in [0.2, 0.25) is 0 Å². The highest BCUT2D eigenvalue weighted by molar-refractivity contribution is 8.01. The summed E-state index contributed by atoms with van der Waals surface area (Å²) in [6.07, 6.45) is 6.25. The summed E-state index contributed by atoms with van der Waals surface area (Å²) in [5.41, 5.74) is 4.52. The van der Waals surface area contributed by atoms with E-state index in [1.807, 2.05) is 6.92 Å². The zero-order valence-electron chi connectivity index (χ0n) is 17.6. The topological polar surface area (TPSA) is 117 Å². The molecule has 7 nitrogen and oxygen atoms in total. The molecule has 2 aliphatic carbocycles. The van der Waals surface area contributed by atoms with Crippen molar-refractivity contribution in [2.45, 2.75) is 69.1 Å². The van der Waals surface area contributed by atoms with Crippen molar-refractivity contribution in [1.82, 2.24) is 9.71 Å². The van der Waals surface area contributed by atoms with Gasteiger partial charge in [0.25, 0.3) is 0 Å². The number of amides is 2. The summed E-state index contributed by atoms with van der Waals surface area (Å²) in [5.74, 6) is 0.699. The molecule has 9 heteroatoms. The average molecular weight is 451 g/mol. The van der Waals surface area contributed by atoms with Gasteiger partial charge < -0.3 is 10.4 Å². The van der Waals surface area contributed by atoms with Crippen molar-refractivity contribution >= 4 is 33.4 Å². The zero-order chi connectivity index (χ0) is 21.7. The van der Waals surface area contributed by atoms with Crippen LogP contribution >= 0.6 is 11.3 Å². The molecule has 0 aliphatic heterocycles. The van der Waals surface area contributed by atoms with Gasteiger partial charge in [-0.15, -0.1) is 11.3 Å². The second-order valence-corrected chi connectivity index (χ2v) is 12.2. The van der Waals surface area contributed by atoms with Gasteiger partial charge >= 0.3 is 6.03 Å². The second kappa shape index (κ2) is 7.71. The third kappa shape index (κ3) is 4.44. The van der Waals surface area contributed by atoms with Crippen molar-refractivity contribution in [2.75, 3.05) is 5.32 Å². The Balaban J connectivity index is 1.54. The van der Waals surface area contributed by atoms with Gasteiger partial charge in [0.1, 0.15) is 0 Å². The van der Waals surface area contributed by atoms with Crippen LogP contribution in [0.25, 0.3) is 0 Å². The Morgan fingerprint density at radius 3 is 2.77 bits per heavy atom. The lowest BCUT2D eigenvalue weighted by Crippen LogP contribution is -2.44. The van der Waals surface area contributed by atoms with Gasteiger partial charge in [-0.25, -0.2) is 9.00 Å². The maximum Gasteiger partial charge on any atom is 0.330 e. The number of rotatable bonds is 6. The van der Waals surface area contributed by atoms with E-state index in [4.69, 9.17) is 10.1 Å². The number of nitrogens with two attached hydrogens (primary N) is 1. The van der Waals surface area contributed by atoms with E-state index in [9.17, 15) is 14.1 Å². The van der Waals surface area contributed by atoms with Crippen LogP contribution in [0.3, 0.4) is 0 Å². The van der Waals surface area contributed by atoms with Crippen LogP contribution in [0.5, 0.6) is 0 Å². The van der Waals surface area contributed by atoms with Gasteiger partial charge in [0, 0.05) is 21.7 Å². The second-order valence-electron chi connectivity index (χ2n) is 8.94. The number of urea groups is 1. The number of carbonyl (C=O) groups is 1. The molecule has 0 aromatic carbocycles. The van der Waals surface area contributed by atoms with Crippen molar-refractivity contribution in [2.24, 2.45) is 11.1 Å². The van der Waals surface area contributed by atoms with Gasteiger partial charge in [0.05, 0.1) is 15.5 Å². The molecule has 2 heterocycles. The maximum absolute atomic E-state index is 13.0. The van der Waals surface area contributed by atoms with E-state index in [0.29, 0.717) is 15.7 Å². The fourth-order valence-corrected chi connectivity index (χ4v) is 6.39. The fourth-order valence-electron chi connectivity index (χ4n) is 3.87. The minimum atomic E-state index is -3.62. The standard InChI is InChI=1S/C21H30N4O3S2/c1-12-17(9-13-7-8-13)23-16-6-4-5-15(16)19(12)24-20(26)25-30(22,28)18-10-14(11-29-18)21(2,3)27/h10-11,13,27,30H,4-9H2,1-3H3,(H4,22,23,24,25,26,28). The van der Waals surface area contributed by atoms with Crippen molar-refractivity contribution in [3.05, 3.63) is 39.5 Å². The lowest BCUT2D eigenvalue weighted by molar-refractivity contribution is 0.0789. The van der Waals surface area contributed by atoms with Gasteiger partial charge in [0.15, 0.2) is 0 Å². The highest BCUT2D eigenvalue weighted by Gasteiger charge is 2.28. The Kier molecular flexibility index (Phi) is 5.50. The first-order chi connectivity index (χ1) is 14.0. The molecule has 30 heavy (non-hydrogen) atoms. The number of carbonyl (C=O) groups excluding carboxylic acids is 1. The summed E-state index contributed by atoms with van der Waals surface area (Å²) < 4.78 is 15.8. The number of thiophene rings is 1. The normalized spacial score (nSPS) is 17.0. The smallest absolute Gasteiger partial charge is 0.330 e. The van der Waals surface area contributed by atoms with Crippen LogP contribution in [0.1, 0.15) is 61.2 Å². The summed E-state index contributed by atoms with van der Waals surface area (Å²) in [7, 11) is -3.62. The molecule has 0 saturated heterocycles. The molecule has 2 aromatic heterocycles. The minimum Gasteiger partial charge on any atom is -0.386 e. The van der Waals surface area contributed by atoms with Crippen molar-refractivity contribution in [1.29, 1.82) is 0 Å². The monoisotopic (exact) mass is 450 g/mol. The van der Waals surface area contributed by atoms with E-state index >= 15 is 0 Å². The quantitative estimate of drug-likeness (QED) is 0.435. The molecule has 4 rings (SSSR count). The lowest BCUT2D eigenvalue weighted by Gasteiger charge is -2.22. The molecule has 0 atom stereocenters. The van der Waals surface area contributed by atoms with E-state index in [1.165, 1.54) is 24.2 Å². The number of aromatic nitrogens is 1. The Morgan fingerprint density at radius 1 is 1.40 bits per heavy atom. The first-order valence-corrected chi connectivity index (χ1v) is 13.0. The SMILES string of the molecule is Cc1c(CC2CC2)nc2c(c1NC(=O)N[SH](N)(=O)c1cc(C(C)(C)O)cs1)CCC2. The largest absolute Gasteiger partial charge is 0.386 e. The number of aliphatic hydroxyl groups is 1. The first kappa shape index (κ1) is 21.4. The zero-order valence-corrected chi connectivity index (χ0v) is 19.3. The summed E-state index contributed by atoms with van der Waals surface area (Å²) in [6, 6.07) is 1.01. The molecule has 0 radical (unpaired) electrons. The van der Waals surface area contributed by atoms with Crippen LogP contribution in [0, 0.1) is 12.8 Å². The van der Waals surface area contributed by atoms with Gasteiger partial charge in [-0.05, 0) is 93.4 Å². The van der Waals surface area contributed by atoms with Crippen LogP contribution in [-0.4, -0.2) is 20.3 Å². The number of thiol groups is 1. The minimum absolute atomic E-state index is 0.348. The predicted octanol–water partition coefficient (Wildman–Crippen LogP) is 3.11. The average Bonchev–Trinajstić information content (AvgIpc) is 3.11. The Morgan fingerprint density at radius 2 is 2.13 bits per heavy atom. The first-order valence-electron chi connectivity index (χ1n) is 10.4. The van der Waals surface area contributed by atoms with E-state index in [1.54, 1.807) is 25.3 Å².